The molecule has 3 nitrogen and oxygen atoms in total. The Bertz CT molecular complexity index is 528. The molecule has 2 rings (SSSR count). The fourth-order valence-corrected chi connectivity index (χ4v) is 1.77. The van der Waals surface area contributed by atoms with Crippen molar-refractivity contribution < 1.29 is 13.2 Å². The van der Waals surface area contributed by atoms with Crippen molar-refractivity contribution in [1.82, 2.24) is 9.38 Å². The summed E-state index contributed by atoms with van der Waals surface area (Å²) in [6.07, 6.45) is -3.11. The number of imidazole rings is 1. The van der Waals surface area contributed by atoms with Crippen LogP contribution in [0, 0.1) is 6.92 Å². The highest BCUT2D eigenvalue weighted by Gasteiger charge is 2.36. The van der Waals surface area contributed by atoms with Gasteiger partial charge in [-0.3, -0.25) is 4.40 Å². The maximum Gasteiger partial charge on any atom is 0.450 e. The van der Waals surface area contributed by atoms with Crippen LogP contribution in [0.15, 0.2) is 18.3 Å². The Morgan fingerprint density at radius 3 is 2.69 bits per heavy atom. The van der Waals surface area contributed by atoms with Gasteiger partial charge in [-0.05, 0) is 18.6 Å². The summed E-state index contributed by atoms with van der Waals surface area (Å²) in [6, 6.07) is 3.23. The monoisotopic (exact) mass is 229 g/mol. The van der Waals surface area contributed by atoms with E-state index in [1.54, 1.807) is 13.0 Å². The minimum Gasteiger partial charge on any atom is -0.326 e. The van der Waals surface area contributed by atoms with E-state index < -0.39 is 12.0 Å². The first-order chi connectivity index (χ1) is 7.45. The Morgan fingerprint density at radius 1 is 1.44 bits per heavy atom. The van der Waals surface area contributed by atoms with E-state index in [0.717, 1.165) is 4.40 Å². The molecule has 0 saturated heterocycles. The van der Waals surface area contributed by atoms with Gasteiger partial charge >= 0.3 is 6.18 Å². The maximum atomic E-state index is 12.7. The molecule has 0 amide bonds. The third-order valence-corrected chi connectivity index (χ3v) is 2.40. The van der Waals surface area contributed by atoms with Gasteiger partial charge in [0, 0.05) is 12.7 Å². The lowest BCUT2D eigenvalue weighted by molar-refractivity contribution is -0.145. The minimum absolute atomic E-state index is 0.189. The summed E-state index contributed by atoms with van der Waals surface area (Å²) in [4.78, 5) is 3.55. The molecule has 0 aliphatic rings. The fraction of sp³-hybridized carbons (Fsp3) is 0.300. The van der Waals surface area contributed by atoms with Crippen LogP contribution >= 0.6 is 0 Å². The van der Waals surface area contributed by atoms with Crippen LogP contribution in [-0.2, 0) is 12.7 Å². The SMILES string of the molecule is Cc1nc(C(F)(F)F)n2cccc(CN)c12. The van der Waals surface area contributed by atoms with Crippen LogP contribution in [0.3, 0.4) is 0 Å². The molecular formula is C10H10F3N3. The molecule has 0 bridgehead atoms. The van der Waals surface area contributed by atoms with E-state index in [2.05, 4.69) is 4.98 Å². The largest absolute Gasteiger partial charge is 0.450 e. The Morgan fingerprint density at radius 2 is 2.12 bits per heavy atom. The van der Waals surface area contributed by atoms with Crippen LogP contribution in [0.5, 0.6) is 0 Å². The third-order valence-electron chi connectivity index (χ3n) is 2.40. The van der Waals surface area contributed by atoms with E-state index >= 15 is 0 Å². The van der Waals surface area contributed by atoms with Crippen molar-refractivity contribution in [3.05, 3.63) is 35.4 Å². The summed E-state index contributed by atoms with van der Waals surface area (Å²) < 4.78 is 39.0. The second-order valence-electron chi connectivity index (χ2n) is 3.47. The minimum atomic E-state index is -4.45. The molecule has 2 aromatic heterocycles. The summed E-state index contributed by atoms with van der Waals surface area (Å²) in [5.41, 5.74) is 6.92. The summed E-state index contributed by atoms with van der Waals surface area (Å²) in [6.45, 7) is 1.73. The zero-order valence-electron chi connectivity index (χ0n) is 8.54. The molecule has 2 aromatic rings. The highest BCUT2D eigenvalue weighted by molar-refractivity contribution is 5.59. The molecule has 2 heterocycles. The van der Waals surface area contributed by atoms with E-state index in [1.807, 2.05) is 0 Å². The zero-order chi connectivity index (χ0) is 11.9. The summed E-state index contributed by atoms with van der Waals surface area (Å²) in [5.74, 6) is -0.907. The topological polar surface area (TPSA) is 43.3 Å². The number of aromatic nitrogens is 2. The normalized spacial score (nSPS) is 12.3. The van der Waals surface area contributed by atoms with Crippen molar-refractivity contribution >= 4 is 5.52 Å². The number of pyridine rings is 1. The predicted octanol–water partition coefficient (Wildman–Crippen LogP) is 2.12. The Labute approximate surface area is 89.7 Å². The number of nitrogens with zero attached hydrogens (tertiary/aromatic N) is 2. The van der Waals surface area contributed by atoms with Crippen molar-refractivity contribution in [1.29, 1.82) is 0 Å². The molecule has 0 spiro atoms. The second kappa shape index (κ2) is 3.48. The van der Waals surface area contributed by atoms with Gasteiger partial charge in [0.25, 0.3) is 0 Å². The molecule has 16 heavy (non-hydrogen) atoms. The van der Waals surface area contributed by atoms with E-state index in [1.165, 1.54) is 12.3 Å². The van der Waals surface area contributed by atoms with Crippen LogP contribution in [-0.4, -0.2) is 9.38 Å². The Kier molecular flexibility index (Phi) is 2.38. The molecule has 0 aliphatic heterocycles. The zero-order valence-corrected chi connectivity index (χ0v) is 8.54. The average molecular weight is 229 g/mol. The molecule has 0 saturated carbocycles. The highest BCUT2D eigenvalue weighted by atomic mass is 19.4. The Balaban J connectivity index is 2.82. The summed E-state index contributed by atoms with van der Waals surface area (Å²) in [5, 5.41) is 0. The van der Waals surface area contributed by atoms with Gasteiger partial charge in [0.1, 0.15) is 0 Å². The maximum absolute atomic E-state index is 12.7. The van der Waals surface area contributed by atoms with Crippen molar-refractivity contribution in [2.45, 2.75) is 19.6 Å². The number of nitrogens with two attached hydrogens (primary N) is 1. The lowest BCUT2D eigenvalue weighted by Crippen LogP contribution is -2.11. The third kappa shape index (κ3) is 1.55. The van der Waals surface area contributed by atoms with Crippen LogP contribution in [0.1, 0.15) is 17.1 Å². The number of fused-ring (bicyclic) bond motifs is 1. The van der Waals surface area contributed by atoms with Crippen LogP contribution in [0.4, 0.5) is 13.2 Å². The lowest BCUT2D eigenvalue weighted by Gasteiger charge is -2.06. The molecule has 0 radical (unpaired) electrons. The number of alkyl halides is 3. The van der Waals surface area contributed by atoms with Gasteiger partial charge in [0.05, 0.1) is 11.2 Å². The fourth-order valence-electron chi connectivity index (χ4n) is 1.77. The van der Waals surface area contributed by atoms with E-state index in [0.29, 0.717) is 16.8 Å². The average Bonchev–Trinajstić information content (AvgIpc) is 2.56. The van der Waals surface area contributed by atoms with Gasteiger partial charge in [-0.15, -0.1) is 0 Å². The molecule has 0 aliphatic carbocycles. The van der Waals surface area contributed by atoms with E-state index in [4.69, 9.17) is 5.73 Å². The molecule has 0 unspecified atom stereocenters. The Hall–Kier alpha value is -1.56. The van der Waals surface area contributed by atoms with Gasteiger partial charge < -0.3 is 5.73 Å². The van der Waals surface area contributed by atoms with E-state index in [-0.39, 0.29) is 6.54 Å². The first-order valence-electron chi connectivity index (χ1n) is 4.69. The summed E-state index contributed by atoms with van der Waals surface area (Å²) >= 11 is 0. The second-order valence-corrected chi connectivity index (χ2v) is 3.47. The molecular weight excluding hydrogens is 219 g/mol. The molecule has 0 atom stereocenters. The van der Waals surface area contributed by atoms with Gasteiger partial charge in [-0.2, -0.15) is 13.2 Å². The smallest absolute Gasteiger partial charge is 0.326 e. The van der Waals surface area contributed by atoms with Gasteiger partial charge in [-0.1, -0.05) is 6.07 Å². The molecule has 0 fully saturated rings. The molecule has 86 valence electrons. The van der Waals surface area contributed by atoms with Crippen LogP contribution < -0.4 is 5.73 Å². The number of rotatable bonds is 1. The van der Waals surface area contributed by atoms with Gasteiger partial charge in [0.2, 0.25) is 5.82 Å². The van der Waals surface area contributed by atoms with E-state index in [9.17, 15) is 13.2 Å². The standard InChI is InChI=1S/C10H10F3N3/c1-6-8-7(5-14)3-2-4-16(8)9(15-6)10(11,12)13/h2-4H,5,14H2,1H3. The highest BCUT2D eigenvalue weighted by Crippen LogP contribution is 2.30. The van der Waals surface area contributed by atoms with Crippen molar-refractivity contribution in [3.8, 4) is 0 Å². The summed E-state index contributed by atoms with van der Waals surface area (Å²) in [7, 11) is 0. The van der Waals surface area contributed by atoms with Crippen molar-refractivity contribution in [2.24, 2.45) is 5.73 Å². The number of halogens is 3. The van der Waals surface area contributed by atoms with Crippen molar-refractivity contribution in [3.63, 3.8) is 0 Å². The van der Waals surface area contributed by atoms with Crippen LogP contribution in [0.2, 0.25) is 0 Å². The molecule has 6 heteroatoms. The number of hydrogen-bond acceptors (Lipinski definition) is 2. The van der Waals surface area contributed by atoms with Gasteiger partial charge in [-0.25, -0.2) is 4.98 Å². The predicted molar refractivity (Wildman–Crippen MR) is 52.8 cm³/mol. The van der Waals surface area contributed by atoms with Crippen LogP contribution in [0.25, 0.3) is 5.52 Å². The first kappa shape index (κ1) is 10.9. The number of aryl methyl sites for hydroxylation is 1. The van der Waals surface area contributed by atoms with Crippen molar-refractivity contribution in [2.75, 3.05) is 0 Å². The molecule has 2 N–H and O–H groups in total. The number of hydrogen-bond donors (Lipinski definition) is 1. The lowest BCUT2D eigenvalue weighted by atomic mass is 10.2. The quantitative estimate of drug-likeness (QED) is 0.813. The first-order valence-corrected chi connectivity index (χ1v) is 4.69. The van der Waals surface area contributed by atoms with Gasteiger partial charge in [0.15, 0.2) is 0 Å². The molecule has 0 aromatic carbocycles.